The molecule has 0 fully saturated rings. The molecule has 0 saturated carbocycles. The third kappa shape index (κ3) is 5.26. The van der Waals surface area contributed by atoms with Crippen LogP contribution in [0.25, 0.3) is 0 Å². The summed E-state index contributed by atoms with van der Waals surface area (Å²) in [4.78, 5) is 24.9. The van der Waals surface area contributed by atoms with Gasteiger partial charge in [0, 0.05) is 16.9 Å². The van der Waals surface area contributed by atoms with Gasteiger partial charge < -0.3 is 15.4 Å². The van der Waals surface area contributed by atoms with Crippen molar-refractivity contribution in [3.8, 4) is 5.75 Å². The fourth-order valence-electron chi connectivity index (χ4n) is 2.90. The van der Waals surface area contributed by atoms with Crippen molar-refractivity contribution in [2.75, 3.05) is 10.6 Å². The van der Waals surface area contributed by atoms with Gasteiger partial charge >= 0.3 is 0 Å². The molecule has 0 bridgehead atoms. The minimum Gasteiger partial charge on any atom is -0.481 e. The molecule has 3 aromatic rings. The maximum atomic E-state index is 12.5. The summed E-state index contributed by atoms with van der Waals surface area (Å²) in [5.74, 6) is 0.0841. The van der Waals surface area contributed by atoms with Gasteiger partial charge in [-0.05, 0) is 81.3 Å². The summed E-state index contributed by atoms with van der Waals surface area (Å²) < 4.78 is 5.72. The molecule has 3 rings (SSSR count). The topological polar surface area (TPSA) is 67.4 Å². The van der Waals surface area contributed by atoms with Crippen LogP contribution in [-0.4, -0.2) is 17.9 Å². The first-order chi connectivity index (χ1) is 14.3. The molecule has 0 spiro atoms. The van der Waals surface area contributed by atoms with Crippen LogP contribution < -0.4 is 15.4 Å². The summed E-state index contributed by atoms with van der Waals surface area (Å²) in [7, 11) is 0. The smallest absolute Gasteiger partial charge is 0.265 e. The van der Waals surface area contributed by atoms with E-state index in [1.807, 2.05) is 63.2 Å². The Kier molecular flexibility index (Phi) is 6.52. The summed E-state index contributed by atoms with van der Waals surface area (Å²) >= 11 is 0. The van der Waals surface area contributed by atoms with Crippen LogP contribution in [0.3, 0.4) is 0 Å². The molecule has 0 aliphatic rings. The van der Waals surface area contributed by atoms with Crippen molar-refractivity contribution in [2.45, 2.75) is 33.8 Å². The number of hydrogen-bond acceptors (Lipinski definition) is 3. The molecular weight excluding hydrogens is 376 g/mol. The van der Waals surface area contributed by atoms with Gasteiger partial charge in [-0.1, -0.05) is 29.8 Å². The first kappa shape index (κ1) is 21.1. The molecule has 0 heterocycles. The highest BCUT2D eigenvalue weighted by atomic mass is 16.5. The van der Waals surface area contributed by atoms with Gasteiger partial charge in [0.1, 0.15) is 5.75 Å². The number of hydrogen-bond donors (Lipinski definition) is 2. The maximum Gasteiger partial charge on any atom is 0.265 e. The monoisotopic (exact) mass is 402 g/mol. The predicted molar refractivity (Wildman–Crippen MR) is 120 cm³/mol. The Morgan fingerprint density at radius 1 is 0.833 bits per heavy atom. The van der Waals surface area contributed by atoms with E-state index in [0.29, 0.717) is 11.3 Å². The van der Waals surface area contributed by atoms with E-state index in [2.05, 4.69) is 10.6 Å². The van der Waals surface area contributed by atoms with Gasteiger partial charge in [0.25, 0.3) is 11.8 Å². The zero-order valence-electron chi connectivity index (χ0n) is 17.7. The van der Waals surface area contributed by atoms with Crippen LogP contribution in [0.15, 0.2) is 66.7 Å². The van der Waals surface area contributed by atoms with Crippen molar-refractivity contribution in [2.24, 2.45) is 0 Å². The Bertz CT molecular complexity index is 1040. The van der Waals surface area contributed by atoms with Gasteiger partial charge in [-0.15, -0.1) is 0 Å². The largest absolute Gasteiger partial charge is 0.481 e. The van der Waals surface area contributed by atoms with Gasteiger partial charge in [-0.2, -0.15) is 0 Å². The van der Waals surface area contributed by atoms with Crippen LogP contribution in [0, 0.1) is 20.8 Å². The third-order valence-corrected chi connectivity index (χ3v) is 4.97. The van der Waals surface area contributed by atoms with Crippen molar-refractivity contribution in [1.82, 2.24) is 0 Å². The quantitative estimate of drug-likeness (QED) is 0.590. The van der Waals surface area contributed by atoms with Crippen LogP contribution >= 0.6 is 0 Å². The lowest BCUT2D eigenvalue weighted by molar-refractivity contribution is -0.122. The van der Waals surface area contributed by atoms with Crippen molar-refractivity contribution in [3.05, 3.63) is 89.0 Å². The van der Waals surface area contributed by atoms with Gasteiger partial charge in [-0.3, -0.25) is 9.59 Å². The van der Waals surface area contributed by atoms with Crippen LogP contribution in [-0.2, 0) is 4.79 Å². The second-order valence-corrected chi connectivity index (χ2v) is 7.34. The van der Waals surface area contributed by atoms with E-state index in [-0.39, 0.29) is 11.8 Å². The Morgan fingerprint density at radius 3 is 2.17 bits per heavy atom. The Balaban J connectivity index is 1.59. The number of rotatable bonds is 6. The van der Waals surface area contributed by atoms with Crippen LogP contribution in [0.4, 0.5) is 11.4 Å². The molecule has 5 heteroatoms. The number of benzene rings is 3. The SMILES string of the molecule is Cc1ccc(NC(=O)C(C)Oc2ccc(C(=O)Nc3cccc(C)c3C)cc2)cc1. The molecule has 0 aliphatic carbocycles. The second-order valence-electron chi connectivity index (χ2n) is 7.34. The number of nitrogens with one attached hydrogen (secondary N) is 2. The van der Waals surface area contributed by atoms with Gasteiger partial charge in [0.2, 0.25) is 0 Å². The lowest BCUT2D eigenvalue weighted by Gasteiger charge is -2.15. The number of anilines is 2. The van der Waals surface area contributed by atoms with Crippen molar-refractivity contribution in [3.63, 3.8) is 0 Å². The molecule has 2 amide bonds. The van der Waals surface area contributed by atoms with E-state index in [0.717, 1.165) is 28.1 Å². The molecule has 5 nitrogen and oxygen atoms in total. The lowest BCUT2D eigenvalue weighted by Crippen LogP contribution is -2.30. The standard InChI is InChI=1S/C25H26N2O3/c1-16-8-12-21(13-9-16)26-24(28)19(4)30-22-14-10-20(11-15-22)25(29)27-23-7-5-6-17(2)18(23)3/h5-15,19H,1-4H3,(H,26,28)(H,27,29). The molecule has 0 aromatic heterocycles. The molecule has 0 aliphatic heterocycles. The molecular formula is C25H26N2O3. The van der Waals surface area contributed by atoms with Crippen LogP contribution in [0.2, 0.25) is 0 Å². The fraction of sp³-hybridized carbons (Fsp3) is 0.200. The zero-order chi connectivity index (χ0) is 21.7. The minimum absolute atomic E-state index is 0.194. The average molecular weight is 402 g/mol. The molecule has 2 N–H and O–H groups in total. The van der Waals surface area contributed by atoms with Crippen LogP contribution in [0.1, 0.15) is 34.0 Å². The van der Waals surface area contributed by atoms with E-state index < -0.39 is 6.10 Å². The molecule has 30 heavy (non-hydrogen) atoms. The highest BCUT2D eigenvalue weighted by Gasteiger charge is 2.15. The number of amides is 2. The normalized spacial score (nSPS) is 11.5. The lowest BCUT2D eigenvalue weighted by atomic mass is 10.1. The molecule has 0 radical (unpaired) electrons. The maximum absolute atomic E-state index is 12.5. The molecule has 1 unspecified atom stereocenters. The van der Waals surface area contributed by atoms with Gasteiger partial charge in [0.05, 0.1) is 0 Å². The molecule has 0 saturated heterocycles. The Hall–Kier alpha value is -3.60. The number of carbonyl (C=O) groups is 2. The summed E-state index contributed by atoms with van der Waals surface area (Å²) in [6.45, 7) is 7.66. The van der Waals surface area contributed by atoms with Crippen LogP contribution in [0.5, 0.6) is 5.75 Å². The zero-order valence-corrected chi connectivity index (χ0v) is 17.7. The van der Waals surface area contributed by atoms with Gasteiger partial charge in [-0.25, -0.2) is 0 Å². The fourth-order valence-corrected chi connectivity index (χ4v) is 2.90. The number of ether oxygens (including phenoxy) is 1. The first-order valence-corrected chi connectivity index (χ1v) is 9.85. The van der Waals surface area contributed by atoms with Crippen molar-refractivity contribution >= 4 is 23.2 Å². The predicted octanol–water partition coefficient (Wildman–Crippen LogP) is 5.27. The highest BCUT2D eigenvalue weighted by molar-refractivity contribution is 6.04. The van der Waals surface area contributed by atoms with E-state index in [4.69, 9.17) is 4.74 Å². The van der Waals surface area contributed by atoms with E-state index in [9.17, 15) is 9.59 Å². The average Bonchev–Trinajstić information content (AvgIpc) is 2.73. The summed E-state index contributed by atoms with van der Waals surface area (Å²) in [5.41, 5.74) is 5.31. The Morgan fingerprint density at radius 2 is 1.50 bits per heavy atom. The summed E-state index contributed by atoms with van der Waals surface area (Å²) in [6, 6.07) is 20.1. The first-order valence-electron chi connectivity index (χ1n) is 9.85. The number of aryl methyl sites for hydroxylation is 2. The number of carbonyl (C=O) groups excluding carboxylic acids is 2. The summed E-state index contributed by atoms with van der Waals surface area (Å²) in [6.07, 6.45) is -0.680. The van der Waals surface area contributed by atoms with E-state index >= 15 is 0 Å². The molecule has 3 aromatic carbocycles. The third-order valence-electron chi connectivity index (χ3n) is 4.97. The van der Waals surface area contributed by atoms with E-state index in [1.54, 1.807) is 31.2 Å². The van der Waals surface area contributed by atoms with Crippen molar-refractivity contribution < 1.29 is 14.3 Å². The van der Waals surface area contributed by atoms with Gasteiger partial charge in [0.15, 0.2) is 6.10 Å². The highest BCUT2D eigenvalue weighted by Crippen LogP contribution is 2.20. The van der Waals surface area contributed by atoms with Crippen molar-refractivity contribution in [1.29, 1.82) is 0 Å². The summed E-state index contributed by atoms with van der Waals surface area (Å²) in [5, 5.41) is 5.76. The second kappa shape index (κ2) is 9.27. The van der Waals surface area contributed by atoms with E-state index in [1.165, 1.54) is 0 Å². The Labute approximate surface area is 177 Å². The molecule has 1 atom stereocenters. The minimum atomic E-state index is -0.680. The molecule has 154 valence electrons.